The number of pyridine rings is 1. The van der Waals surface area contributed by atoms with Crippen LogP contribution in [-0.2, 0) is 0 Å². The molecule has 0 N–H and O–H groups in total. The van der Waals surface area contributed by atoms with Crippen molar-refractivity contribution in [3.05, 3.63) is 27.7 Å². The zero-order valence-corrected chi connectivity index (χ0v) is 8.34. The molecule has 2 rings (SSSR count). The van der Waals surface area contributed by atoms with Gasteiger partial charge in [0.2, 0.25) is 0 Å². The Morgan fingerprint density at radius 2 is 2.40 bits per heavy atom. The summed E-state index contributed by atoms with van der Waals surface area (Å²) in [4.78, 5) is 6.45. The van der Waals surface area contributed by atoms with Crippen molar-refractivity contribution in [2.45, 2.75) is 0 Å². The van der Waals surface area contributed by atoms with E-state index in [4.69, 9.17) is 0 Å². The zero-order valence-electron chi connectivity index (χ0n) is 5.04. The van der Waals surface area contributed by atoms with Gasteiger partial charge in [-0.2, -0.15) is 0 Å². The van der Waals surface area contributed by atoms with Crippen LogP contribution < -0.4 is 0 Å². The van der Waals surface area contributed by atoms with Gasteiger partial charge in [-0.25, -0.2) is 0 Å². The van der Waals surface area contributed by atoms with E-state index in [1.54, 1.807) is 0 Å². The average Bonchev–Trinajstić information content (AvgIpc) is 2.34. The molecule has 10 heavy (non-hydrogen) atoms. The fourth-order valence-corrected chi connectivity index (χ4v) is 3.55. The van der Waals surface area contributed by atoms with Crippen molar-refractivity contribution in [2.24, 2.45) is 0 Å². The molecule has 0 aliphatic carbocycles. The first kappa shape index (κ1) is 6.59. The number of fused-ring (bicyclic) bond motifs is 1. The quantitative estimate of drug-likeness (QED) is 0.661. The van der Waals surface area contributed by atoms with Crippen LogP contribution in [0.25, 0.3) is 9.78 Å². The number of halogens is 1. The van der Waals surface area contributed by atoms with E-state index in [2.05, 4.69) is 31.9 Å². The van der Waals surface area contributed by atoms with Gasteiger partial charge < -0.3 is 0 Å². The Labute approximate surface area is 73.0 Å². The Kier molecular flexibility index (Phi) is 1.64. The van der Waals surface area contributed by atoms with E-state index in [9.17, 15) is 0 Å². The molecule has 0 unspecified atom stereocenters. The average molecular weight is 261 g/mol. The Bertz CT molecular complexity index is 355. The fourth-order valence-electron chi connectivity index (χ4n) is 0.838. The Morgan fingerprint density at radius 3 is 3.20 bits per heavy atom. The number of rotatable bonds is 0. The molecule has 0 atom stereocenters. The molecule has 3 heteroatoms. The summed E-state index contributed by atoms with van der Waals surface area (Å²) in [7, 11) is 0. The normalized spacial score (nSPS) is 10.5. The van der Waals surface area contributed by atoms with Crippen molar-refractivity contribution < 1.29 is 0 Å². The summed E-state index contributed by atoms with van der Waals surface area (Å²) in [5.41, 5.74) is 0. The Balaban J connectivity index is 2.93. The topological polar surface area (TPSA) is 12.9 Å². The maximum atomic E-state index is 4.26. The first-order valence-electron chi connectivity index (χ1n) is 2.85. The van der Waals surface area contributed by atoms with Crippen molar-refractivity contribution in [1.82, 2.24) is 4.98 Å². The molecule has 0 amide bonds. The maximum absolute atomic E-state index is 4.26. The SMILES string of the molecule is Brc1c[se]c2ncccc12. The first-order chi connectivity index (χ1) is 4.88. The third-order valence-corrected chi connectivity index (χ3v) is 4.53. The van der Waals surface area contributed by atoms with Crippen LogP contribution in [0.5, 0.6) is 0 Å². The summed E-state index contributed by atoms with van der Waals surface area (Å²) < 4.78 is 2.44. The van der Waals surface area contributed by atoms with Gasteiger partial charge in [0.25, 0.3) is 0 Å². The van der Waals surface area contributed by atoms with Crippen LogP contribution in [0.15, 0.2) is 27.7 Å². The van der Waals surface area contributed by atoms with Crippen LogP contribution in [-0.4, -0.2) is 19.5 Å². The summed E-state index contributed by atoms with van der Waals surface area (Å²) in [6.07, 6.45) is 1.85. The molecule has 0 fully saturated rings. The molecule has 2 aromatic rings. The number of hydrogen-bond acceptors (Lipinski definition) is 1. The molecule has 0 saturated heterocycles. The van der Waals surface area contributed by atoms with Gasteiger partial charge in [-0.05, 0) is 0 Å². The van der Waals surface area contributed by atoms with Gasteiger partial charge >= 0.3 is 72.9 Å². The fraction of sp³-hybridized carbons (Fsp3) is 0. The monoisotopic (exact) mass is 261 g/mol. The Hall–Kier alpha value is -0.111. The second-order valence-electron chi connectivity index (χ2n) is 1.94. The van der Waals surface area contributed by atoms with Gasteiger partial charge in [-0.15, -0.1) is 0 Å². The summed E-state index contributed by atoms with van der Waals surface area (Å²) in [6.45, 7) is 0. The van der Waals surface area contributed by atoms with Gasteiger partial charge in [0.15, 0.2) is 0 Å². The predicted octanol–water partition coefficient (Wildman–Crippen LogP) is 2.05. The molecule has 2 aromatic heterocycles. The van der Waals surface area contributed by atoms with Crippen molar-refractivity contribution in [3.8, 4) is 0 Å². The zero-order chi connectivity index (χ0) is 6.97. The van der Waals surface area contributed by atoms with E-state index in [1.807, 2.05) is 12.3 Å². The van der Waals surface area contributed by atoms with Crippen LogP contribution in [0.2, 0.25) is 0 Å². The third kappa shape index (κ3) is 0.947. The minimum absolute atomic E-state index is 0.454. The van der Waals surface area contributed by atoms with Crippen LogP contribution in [0, 0.1) is 0 Å². The van der Waals surface area contributed by atoms with Crippen molar-refractivity contribution in [1.29, 1.82) is 0 Å². The minimum atomic E-state index is 0.454. The predicted molar refractivity (Wildman–Crippen MR) is 46.4 cm³/mol. The number of aromatic nitrogens is 1. The van der Waals surface area contributed by atoms with Gasteiger partial charge in [0, 0.05) is 0 Å². The first-order valence-corrected chi connectivity index (χ1v) is 5.49. The summed E-state index contributed by atoms with van der Waals surface area (Å²) in [5, 5.41) is 1.27. The van der Waals surface area contributed by atoms with Gasteiger partial charge in [0.05, 0.1) is 0 Å². The van der Waals surface area contributed by atoms with Gasteiger partial charge in [0.1, 0.15) is 0 Å². The Morgan fingerprint density at radius 1 is 1.50 bits per heavy atom. The van der Waals surface area contributed by atoms with Crippen molar-refractivity contribution in [3.63, 3.8) is 0 Å². The molecule has 1 nitrogen and oxygen atoms in total. The molecule has 0 aliphatic heterocycles. The van der Waals surface area contributed by atoms with Crippen LogP contribution >= 0.6 is 15.9 Å². The summed E-state index contributed by atoms with van der Waals surface area (Å²) >= 11 is 3.93. The van der Waals surface area contributed by atoms with E-state index in [0.717, 1.165) is 0 Å². The molecular formula is C7H4BrNSe. The number of hydrogen-bond donors (Lipinski definition) is 0. The van der Waals surface area contributed by atoms with Crippen LogP contribution in [0.3, 0.4) is 0 Å². The van der Waals surface area contributed by atoms with E-state index in [-0.39, 0.29) is 0 Å². The van der Waals surface area contributed by atoms with E-state index < -0.39 is 0 Å². The number of nitrogens with zero attached hydrogens (tertiary/aromatic N) is 1. The molecule has 0 spiro atoms. The molecule has 0 bridgehead atoms. The molecule has 0 radical (unpaired) electrons. The van der Waals surface area contributed by atoms with Crippen molar-refractivity contribution >= 4 is 40.2 Å². The molecule has 2 heterocycles. The molecule has 50 valence electrons. The summed E-state index contributed by atoms with van der Waals surface area (Å²) in [5.74, 6) is 0. The standard InChI is InChI=1S/C7H4BrNSe/c8-6-4-10-7-5(6)2-1-3-9-7/h1-4H. The molecule has 0 aliphatic rings. The van der Waals surface area contributed by atoms with Crippen LogP contribution in [0.1, 0.15) is 0 Å². The van der Waals surface area contributed by atoms with Gasteiger partial charge in [-0.3, -0.25) is 0 Å². The van der Waals surface area contributed by atoms with Gasteiger partial charge in [-0.1, -0.05) is 0 Å². The van der Waals surface area contributed by atoms with Crippen LogP contribution in [0.4, 0.5) is 0 Å². The second kappa shape index (κ2) is 2.50. The third-order valence-electron chi connectivity index (χ3n) is 1.30. The molecular weight excluding hydrogens is 257 g/mol. The second-order valence-corrected chi connectivity index (χ2v) is 4.59. The molecule has 0 saturated carbocycles. The molecule has 0 aromatic carbocycles. The van der Waals surface area contributed by atoms with E-state index >= 15 is 0 Å². The van der Waals surface area contributed by atoms with E-state index in [0.29, 0.717) is 14.5 Å². The summed E-state index contributed by atoms with van der Waals surface area (Å²) in [6, 6.07) is 4.06. The van der Waals surface area contributed by atoms with E-state index in [1.165, 1.54) is 14.2 Å². The van der Waals surface area contributed by atoms with Crippen molar-refractivity contribution in [2.75, 3.05) is 0 Å².